The molecule has 4 rings (SSSR count). The number of carboxylic acids is 1. The maximum absolute atomic E-state index is 14.0. The van der Waals surface area contributed by atoms with Crippen LogP contribution in [0.3, 0.4) is 0 Å². The summed E-state index contributed by atoms with van der Waals surface area (Å²) in [6, 6.07) is 17.6. The largest absolute Gasteiger partial charge is 0.478 e. The quantitative estimate of drug-likeness (QED) is 0.529. The van der Waals surface area contributed by atoms with Crippen LogP contribution in [0.2, 0.25) is 0 Å². The third-order valence-electron chi connectivity index (χ3n) is 5.88. The number of benzene rings is 3. The zero-order valence-electron chi connectivity index (χ0n) is 18.7. The van der Waals surface area contributed by atoms with E-state index < -0.39 is 16.0 Å². The summed E-state index contributed by atoms with van der Waals surface area (Å²) in [6.07, 6.45) is 0. The number of hydrogen-bond acceptors (Lipinski definition) is 5. The summed E-state index contributed by atoms with van der Waals surface area (Å²) < 4.78 is 42.6. The Hall–Kier alpha value is -3.43. The fourth-order valence-corrected chi connectivity index (χ4v) is 5.03. The number of hydrogen-bond donors (Lipinski definition) is 2. The van der Waals surface area contributed by atoms with Gasteiger partial charge in [-0.05, 0) is 43.3 Å². The summed E-state index contributed by atoms with van der Waals surface area (Å²) in [4.78, 5) is 15.8. The van der Waals surface area contributed by atoms with Crippen LogP contribution in [0.25, 0.3) is 0 Å². The number of carboxylic acid groups (broad SMARTS) is 1. The molecule has 3 aromatic rings. The minimum Gasteiger partial charge on any atom is -0.478 e. The summed E-state index contributed by atoms with van der Waals surface area (Å²) in [7, 11) is -3.91. The highest BCUT2D eigenvalue weighted by Crippen LogP contribution is 2.31. The summed E-state index contributed by atoms with van der Waals surface area (Å²) in [5, 5.41) is 9.43. The Morgan fingerprint density at radius 3 is 2.32 bits per heavy atom. The van der Waals surface area contributed by atoms with Gasteiger partial charge >= 0.3 is 5.97 Å². The van der Waals surface area contributed by atoms with Crippen LogP contribution in [0.4, 0.5) is 15.8 Å². The number of nitrogens with one attached hydrogen (secondary N) is 1. The van der Waals surface area contributed by atoms with Gasteiger partial charge in [-0.15, -0.1) is 0 Å². The Kier molecular flexibility index (Phi) is 6.85. The van der Waals surface area contributed by atoms with Crippen LogP contribution in [-0.4, -0.2) is 50.6 Å². The smallest absolute Gasteiger partial charge is 0.335 e. The average molecular weight is 484 g/mol. The second kappa shape index (κ2) is 9.82. The first-order chi connectivity index (χ1) is 16.2. The number of aryl methyl sites for hydroxylation is 1. The van der Waals surface area contributed by atoms with E-state index in [2.05, 4.69) is 9.62 Å². The molecule has 0 aromatic heterocycles. The van der Waals surface area contributed by atoms with Gasteiger partial charge < -0.3 is 10.0 Å². The van der Waals surface area contributed by atoms with E-state index in [-0.39, 0.29) is 22.0 Å². The number of anilines is 2. The Labute approximate surface area is 198 Å². The molecule has 1 aliphatic rings. The lowest BCUT2D eigenvalue weighted by atomic mass is 10.1. The summed E-state index contributed by atoms with van der Waals surface area (Å²) in [5.41, 5.74) is 2.37. The zero-order valence-corrected chi connectivity index (χ0v) is 19.6. The highest BCUT2D eigenvalue weighted by molar-refractivity contribution is 7.92. The van der Waals surface area contributed by atoms with E-state index in [1.54, 1.807) is 30.3 Å². The van der Waals surface area contributed by atoms with Gasteiger partial charge in [0.15, 0.2) is 0 Å². The van der Waals surface area contributed by atoms with Crippen molar-refractivity contribution < 1.29 is 22.7 Å². The van der Waals surface area contributed by atoms with Crippen molar-refractivity contribution in [1.82, 2.24) is 4.90 Å². The van der Waals surface area contributed by atoms with Crippen LogP contribution in [0.5, 0.6) is 0 Å². The third-order valence-corrected chi connectivity index (χ3v) is 7.27. The predicted molar refractivity (Wildman–Crippen MR) is 129 cm³/mol. The molecule has 9 heteroatoms. The van der Waals surface area contributed by atoms with Crippen molar-refractivity contribution in [2.75, 3.05) is 35.8 Å². The Morgan fingerprint density at radius 1 is 1.00 bits per heavy atom. The minimum atomic E-state index is -3.91. The van der Waals surface area contributed by atoms with Crippen LogP contribution >= 0.6 is 0 Å². The second-order valence-electron chi connectivity index (χ2n) is 8.31. The second-order valence-corrected chi connectivity index (χ2v) is 9.99. The first-order valence-corrected chi connectivity index (χ1v) is 12.4. The lowest BCUT2D eigenvalue weighted by Gasteiger charge is -2.37. The van der Waals surface area contributed by atoms with E-state index >= 15 is 0 Å². The van der Waals surface area contributed by atoms with Gasteiger partial charge in [-0.25, -0.2) is 17.6 Å². The van der Waals surface area contributed by atoms with Gasteiger partial charge in [0.2, 0.25) is 0 Å². The third kappa shape index (κ3) is 5.37. The molecule has 1 saturated heterocycles. The monoisotopic (exact) mass is 483 g/mol. The molecule has 0 aliphatic carbocycles. The molecule has 0 atom stereocenters. The van der Waals surface area contributed by atoms with Crippen LogP contribution in [0.1, 0.15) is 21.5 Å². The lowest BCUT2D eigenvalue weighted by molar-refractivity contribution is 0.0697. The molecule has 2 N–H and O–H groups in total. The van der Waals surface area contributed by atoms with Crippen molar-refractivity contribution in [3.63, 3.8) is 0 Å². The van der Waals surface area contributed by atoms with Crippen LogP contribution in [-0.2, 0) is 16.6 Å². The highest BCUT2D eigenvalue weighted by atomic mass is 32.2. The Bertz CT molecular complexity index is 1290. The average Bonchev–Trinajstić information content (AvgIpc) is 2.81. The minimum absolute atomic E-state index is 0.0106. The molecule has 1 aliphatic heterocycles. The maximum atomic E-state index is 14.0. The molecule has 3 aromatic carbocycles. The number of rotatable bonds is 7. The number of nitrogens with zero attached hydrogens (tertiary/aromatic N) is 2. The van der Waals surface area contributed by atoms with Gasteiger partial charge in [0.05, 0.1) is 21.8 Å². The van der Waals surface area contributed by atoms with E-state index in [4.69, 9.17) is 0 Å². The van der Waals surface area contributed by atoms with Crippen LogP contribution in [0, 0.1) is 12.7 Å². The molecule has 0 saturated carbocycles. The SMILES string of the molecule is Cc1ccc(S(=O)(=O)Nc2cc(C(=O)O)ccc2N2CCN(Cc3ccccc3F)CC2)cc1. The molecule has 0 spiro atoms. The fraction of sp³-hybridized carbons (Fsp3) is 0.240. The van der Waals surface area contributed by atoms with Gasteiger partial charge in [-0.1, -0.05) is 35.9 Å². The molecule has 1 fully saturated rings. The molecule has 7 nitrogen and oxygen atoms in total. The summed E-state index contributed by atoms with van der Waals surface area (Å²) >= 11 is 0. The van der Waals surface area contributed by atoms with Gasteiger partial charge in [0.1, 0.15) is 5.82 Å². The van der Waals surface area contributed by atoms with Crippen molar-refractivity contribution in [3.8, 4) is 0 Å². The van der Waals surface area contributed by atoms with E-state index in [0.717, 1.165) is 5.56 Å². The number of sulfonamides is 1. The van der Waals surface area contributed by atoms with E-state index in [1.807, 2.05) is 17.9 Å². The van der Waals surface area contributed by atoms with Crippen molar-refractivity contribution in [2.24, 2.45) is 0 Å². The van der Waals surface area contributed by atoms with E-state index in [1.165, 1.54) is 30.3 Å². The normalized spacial score (nSPS) is 14.7. The lowest BCUT2D eigenvalue weighted by Crippen LogP contribution is -2.46. The number of carbonyl (C=O) groups is 1. The first kappa shape index (κ1) is 23.7. The topological polar surface area (TPSA) is 89.9 Å². The molecule has 0 radical (unpaired) electrons. The van der Waals surface area contributed by atoms with Crippen molar-refractivity contribution in [2.45, 2.75) is 18.4 Å². The number of halogens is 1. The molecule has 0 unspecified atom stereocenters. The predicted octanol–water partition coefficient (Wildman–Crippen LogP) is 3.96. The van der Waals surface area contributed by atoms with Crippen LogP contribution in [0.15, 0.2) is 71.6 Å². The standard InChI is InChI=1S/C25H26FN3O4S/c1-18-6-9-21(10-7-18)34(32,33)27-23-16-19(25(30)31)8-11-24(23)29-14-12-28(13-15-29)17-20-4-2-3-5-22(20)26/h2-11,16,27H,12-15,17H2,1H3,(H,30,31). The Balaban J connectivity index is 1.54. The summed E-state index contributed by atoms with van der Waals surface area (Å²) in [5.74, 6) is -1.38. The molecule has 0 amide bonds. The molecular weight excluding hydrogens is 457 g/mol. The van der Waals surface area contributed by atoms with Gasteiger partial charge in [0, 0.05) is 38.3 Å². The maximum Gasteiger partial charge on any atom is 0.335 e. The van der Waals surface area contributed by atoms with Crippen molar-refractivity contribution >= 4 is 27.4 Å². The van der Waals surface area contributed by atoms with Crippen molar-refractivity contribution in [3.05, 3.63) is 89.2 Å². The van der Waals surface area contributed by atoms with Gasteiger partial charge in [-0.2, -0.15) is 0 Å². The molecule has 178 valence electrons. The van der Waals surface area contributed by atoms with Crippen molar-refractivity contribution in [1.29, 1.82) is 0 Å². The van der Waals surface area contributed by atoms with E-state index in [9.17, 15) is 22.7 Å². The fourth-order valence-electron chi connectivity index (χ4n) is 3.96. The molecule has 1 heterocycles. The van der Waals surface area contributed by atoms with Gasteiger partial charge in [-0.3, -0.25) is 9.62 Å². The number of piperazine rings is 1. The number of aromatic carboxylic acids is 1. The highest BCUT2D eigenvalue weighted by Gasteiger charge is 2.23. The Morgan fingerprint density at radius 2 is 1.68 bits per heavy atom. The zero-order chi connectivity index (χ0) is 24.3. The van der Waals surface area contributed by atoms with Crippen LogP contribution < -0.4 is 9.62 Å². The van der Waals surface area contributed by atoms with Gasteiger partial charge in [0.25, 0.3) is 10.0 Å². The van der Waals surface area contributed by atoms with E-state index in [0.29, 0.717) is 44.0 Å². The molecule has 0 bridgehead atoms. The first-order valence-electron chi connectivity index (χ1n) is 10.9. The summed E-state index contributed by atoms with van der Waals surface area (Å²) in [6.45, 7) is 4.83. The molecule has 34 heavy (non-hydrogen) atoms. The molecular formula is C25H26FN3O4S.